The van der Waals surface area contributed by atoms with Crippen molar-refractivity contribution < 1.29 is 27.9 Å². The van der Waals surface area contributed by atoms with Gasteiger partial charge in [-0.25, -0.2) is 4.79 Å². The second-order valence-electron chi connectivity index (χ2n) is 10.7. The number of aromatic carboxylic acids is 1. The van der Waals surface area contributed by atoms with Gasteiger partial charge in [0.15, 0.2) is 0 Å². The molecule has 0 unspecified atom stereocenters. The lowest BCUT2D eigenvalue weighted by Crippen LogP contribution is -2.23. The van der Waals surface area contributed by atoms with E-state index in [4.69, 9.17) is 0 Å². The molecule has 1 amide bonds. The van der Waals surface area contributed by atoms with Gasteiger partial charge in [0.05, 0.1) is 22.2 Å². The molecule has 1 aromatic heterocycles. The molecule has 2 N–H and O–H groups in total. The first-order chi connectivity index (χ1) is 21.7. The molecule has 0 spiro atoms. The first-order valence-corrected chi connectivity index (χ1v) is 14.2. The van der Waals surface area contributed by atoms with E-state index in [9.17, 15) is 27.9 Å². The Hall–Kier alpha value is -5.63. The average Bonchev–Trinajstić information content (AvgIpc) is 3.46. The molecule has 0 fully saturated rings. The number of hydrogen-bond acceptors (Lipinski definition) is 2. The van der Waals surface area contributed by atoms with E-state index < -0.39 is 23.6 Å². The summed E-state index contributed by atoms with van der Waals surface area (Å²) in [5.41, 5.74) is 5.00. The van der Waals surface area contributed by atoms with Crippen molar-refractivity contribution in [3.63, 3.8) is 0 Å². The van der Waals surface area contributed by atoms with Crippen LogP contribution in [0.3, 0.4) is 0 Å². The van der Waals surface area contributed by atoms with Crippen molar-refractivity contribution >= 4 is 22.8 Å². The smallest absolute Gasteiger partial charge is 0.416 e. The summed E-state index contributed by atoms with van der Waals surface area (Å²) < 4.78 is 42.5. The van der Waals surface area contributed by atoms with Crippen LogP contribution in [-0.2, 0) is 19.3 Å². The fourth-order valence-electron chi connectivity index (χ4n) is 5.42. The van der Waals surface area contributed by atoms with Gasteiger partial charge in [-0.2, -0.15) is 13.2 Å². The average molecular weight is 605 g/mol. The summed E-state index contributed by atoms with van der Waals surface area (Å²) in [5.74, 6) is -1.46. The summed E-state index contributed by atoms with van der Waals surface area (Å²) in [6, 6.07) is 34.6. The molecule has 0 saturated carbocycles. The number of hydrogen-bond donors (Lipinski definition) is 2. The molecule has 224 valence electrons. The maximum absolute atomic E-state index is 13.8. The van der Waals surface area contributed by atoms with Gasteiger partial charge in [0.25, 0.3) is 5.91 Å². The maximum Gasteiger partial charge on any atom is 0.416 e. The van der Waals surface area contributed by atoms with Crippen LogP contribution in [0.2, 0.25) is 0 Å². The van der Waals surface area contributed by atoms with Crippen LogP contribution in [0.15, 0.2) is 128 Å². The molecule has 5 nitrogen and oxygen atoms in total. The van der Waals surface area contributed by atoms with Crippen molar-refractivity contribution in [1.29, 1.82) is 0 Å². The molecule has 0 aliphatic carbocycles. The fourth-order valence-corrected chi connectivity index (χ4v) is 5.42. The summed E-state index contributed by atoms with van der Waals surface area (Å²) >= 11 is 0. The fraction of sp³-hybridized carbons (Fsp3) is 0.0811. The minimum Gasteiger partial charge on any atom is -0.478 e. The highest BCUT2D eigenvalue weighted by Gasteiger charge is 2.30. The Morgan fingerprint density at radius 1 is 0.689 bits per heavy atom. The van der Waals surface area contributed by atoms with Crippen LogP contribution in [0.5, 0.6) is 0 Å². The summed E-state index contributed by atoms with van der Waals surface area (Å²) in [6.07, 6.45) is -2.63. The van der Waals surface area contributed by atoms with E-state index in [0.717, 1.165) is 28.8 Å². The van der Waals surface area contributed by atoms with Crippen molar-refractivity contribution in [2.75, 3.05) is 0 Å². The number of halogens is 3. The van der Waals surface area contributed by atoms with Crippen LogP contribution in [-0.4, -0.2) is 21.6 Å². The van der Waals surface area contributed by atoms with E-state index >= 15 is 0 Å². The van der Waals surface area contributed by atoms with Crippen molar-refractivity contribution in [1.82, 2.24) is 9.88 Å². The molecule has 0 radical (unpaired) electrons. The van der Waals surface area contributed by atoms with Crippen LogP contribution < -0.4 is 5.32 Å². The molecule has 8 heteroatoms. The topological polar surface area (TPSA) is 71.3 Å². The van der Waals surface area contributed by atoms with Crippen LogP contribution in [0, 0.1) is 0 Å². The highest BCUT2D eigenvalue weighted by molar-refractivity contribution is 6.08. The van der Waals surface area contributed by atoms with Crippen molar-refractivity contribution in [2.45, 2.75) is 19.3 Å². The summed E-state index contributed by atoms with van der Waals surface area (Å²) in [5, 5.41) is 12.8. The van der Waals surface area contributed by atoms with E-state index in [-0.39, 0.29) is 12.1 Å². The van der Waals surface area contributed by atoms with Crippen LogP contribution in [0.25, 0.3) is 33.2 Å². The first-order valence-electron chi connectivity index (χ1n) is 14.2. The molecular formula is C37H27F3N2O3. The van der Waals surface area contributed by atoms with Crippen LogP contribution in [0.1, 0.15) is 37.4 Å². The molecular weight excluding hydrogens is 577 g/mol. The molecule has 0 saturated heterocycles. The number of carboxylic acid groups (broad SMARTS) is 1. The highest BCUT2D eigenvalue weighted by atomic mass is 19.4. The van der Waals surface area contributed by atoms with E-state index in [2.05, 4.69) is 11.4 Å². The number of aromatic nitrogens is 1. The lowest BCUT2D eigenvalue weighted by Gasteiger charge is -2.14. The molecule has 45 heavy (non-hydrogen) atoms. The monoisotopic (exact) mass is 604 g/mol. The van der Waals surface area contributed by atoms with E-state index in [1.165, 1.54) is 18.2 Å². The van der Waals surface area contributed by atoms with Gasteiger partial charge in [0, 0.05) is 24.7 Å². The highest BCUT2D eigenvalue weighted by Crippen LogP contribution is 2.34. The normalized spacial score (nSPS) is 11.4. The molecule has 0 atom stereocenters. The molecule has 6 rings (SSSR count). The molecule has 0 aliphatic rings. The Morgan fingerprint density at radius 2 is 1.38 bits per heavy atom. The van der Waals surface area contributed by atoms with Gasteiger partial charge >= 0.3 is 12.1 Å². The van der Waals surface area contributed by atoms with Gasteiger partial charge < -0.3 is 15.0 Å². The Balaban J connectivity index is 1.38. The lowest BCUT2D eigenvalue weighted by molar-refractivity contribution is -0.137. The largest absolute Gasteiger partial charge is 0.478 e. The minimum absolute atomic E-state index is 0.133. The Kier molecular flexibility index (Phi) is 7.96. The van der Waals surface area contributed by atoms with Crippen molar-refractivity contribution in [2.24, 2.45) is 0 Å². The number of alkyl halides is 3. The van der Waals surface area contributed by atoms with Crippen LogP contribution >= 0.6 is 0 Å². The number of carbonyl (C=O) groups is 2. The number of carbonyl (C=O) groups excluding carboxylic acids is 1. The predicted octanol–water partition coefficient (Wildman–Crippen LogP) is 8.67. The number of nitrogens with zero attached hydrogens (tertiary/aromatic N) is 1. The first kappa shape index (κ1) is 29.4. The second-order valence-corrected chi connectivity index (χ2v) is 10.7. The van der Waals surface area contributed by atoms with Gasteiger partial charge in [-0.1, -0.05) is 72.8 Å². The van der Waals surface area contributed by atoms with Crippen molar-refractivity contribution in [3.8, 4) is 22.3 Å². The molecule has 1 heterocycles. The SMILES string of the molecule is O=C(O)c1ccc(CNC(=O)c2cc(-c3cccc(C(F)(F)F)c3)cc3ccn(Cc4cccc(-c5ccccc5)c4)c23)cc1. The number of rotatable bonds is 8. The number of nitrogens with one attached hydrogen (secondary N) is 1. The minimum atomic E-state index is -4.51. The summed E-state index contributed by atoms with van der Waals surface area (Å²) in [6.45, 7) is 0.595. The van der Waals surface area contributed by atoms with E-state index in [1.807, 2.05) is 65.4 Å². The lowest BCUT2D eigenvalue weighted by atomic mass is 9.98. The maximum atomic E-state index is 13.8. The van der Waals surface area contributed by atoms with E-state index in [1.54, 1.807) is 30.3 Å². The zero-order valence-corrected chi connectivity index (χ0v) is 23.9. The van der Waals surface area contributed by atoms with Crippen LogP contribution in [0.4, 0.5) is 13.2 Å². The number of fused-ring (bicyclic) bond motifs is 1. The second kappa shape index (κ2) is 12.2. The molecule has 5 aromatic carbocycles. The number of amides is 1. The van der Waals surface area contributed by atoms with Crippen molar-refractivity contribution in [3.05, 3.63) is 155 Å². The number of benzene rings is 5. The Labute approximate surface area is 257 Å². The zero-order valence-electron chi connectivity index (χ0n) is 23.9. The third-order valence-corrected chi connectivity index (χ3v) is 7.67. The molecule has 0 aliphatic heterocycles. The molecule has 0 bridgehead atoms. The Morgan fingerprint density at radius 3 is 2.09 bits per heavy atom. The van der Waals surface area contributed by atoms with Gasteiger partial charge in [0.2, 0.25) is 0 Å². The predicted molar refractivity (Wildman–Crippen MR) is 168 cm³/mol. The van der Waals surface area contributed by atoms with Gasteiger partial charge in [-0.3, -0.25) is 4.79 Å². The zero-order chi connectivity index (χ0) is 31.6. The Bertz CT molecular complexity index is 2010. The summed E-state index contributed by atoms with van der Waals surface area (Å²) in [4.78, 5) is 25.0. The van der Waals surface area contributed by atoms with Gasteiger partial charge in [-0.05, 0) is 81.9 Å². The van der Waals surface area contributed by atoms with E-state index in [0.29, 0.717) is 39.7 Å². The third-order valence-electron chi connectivity index (χ3n) is 7.67. The third kappa shape index (κ3) is 6.50. The van der Waals surface area contributed by atoms with Gasteiger partial charge in [-0.15, -0.1) is 0 Å². The number of carboxylic acids is 1. The standard InChI is InChI=1S/C37H27F3N2O3/c38-37(39,40)32-11-5-10-29(20-32)31-19-30-16-17-42(23-25-6-4-9-28(18-25)26-7-2-1-3-8-26)34(30)33(21-31)35(43)41-22-24-12-14-27(15-13-24)36(44)45/h1-21H,22-23H2,(H,41,43)(H,44,45). The quantitative estimate of drug-likeness (QED) is 0.183. The van der Waals surface area contributed by atoms with Gasteiger partial charge in [0.1, 0.15) is 0 Å². The summed E-state index contributed by atoms with van der Waals surface area (Å²) in [7, 11) is 0. The molecule has 6 aromatic rings.